The van der Waals surface area contributed by atoms with E-state index < -0.39 is 0 Å². The summed E-state index contributed by atoms with van der Waals surface area (Å²) in [5, 5.41) is 2.31. The van der Waals surface area contributed by atoms with E-state index in [9.17, 15) is 0 Å². The van der Waals surface area contributed by atoms with Crippen molar-refractivity contribution in [3.8, 4) is 22.3 Å². The molecule has 0 radical (unpaired) electrons. The lowest BCUT2D eigenvalue weighted by Crippen LogP contribution is -2.55. The lowest BCUT2D eigenvalue weighted by atomic mass is 9.43. The number of nitrogens with zero attached hydrogens (tertiary/aromatic N) is 1. The van der Waals surface area contributed by atoms with E-state index >= 15 is 0 Å². The highest BCUT2D eigenvalue weighted by Crippen LogP contribution is 2.70. The standard InChI is InChI=1S/C54H51NO/c1-52(2)24-25-53(3,4)48-32-40(20-22-46(48)52)55(39-21-23-50-44(31-39)42-10-6-8-15-49(42)56-50)38-18-16-35(17-19-38)41-12-9-14-47-51(41)43-11-5-7-13-45(43)54(47)36-27-33-26-34(29-36)30-37(54)28-33/h5-23,31-34,36-37H,24-30H2,1-4H3. The molecule has 13 rings (SSSR count). The Morgan fingerprint density at radius 2 is 1.09 bits per heavy atom. The van der Waals surface area contributed by atoms with Gasteiger partial charge in [-0.2, -0.15) is 0 Å². The van der Waals surface area contributed by atoms with Crippen LogP contribution in [0, 0.1) is 23.7 Å². The number of benzene rings is 6. The summed E-state index contributed by atoms with van der Waals surface area (Å²) in [5.41, 5.74) is 17.7. The first-order chi connectivity index (χ1) is 27.2. The normalized spacial score (nSPS) is 26.1. The maximum Gasteiger partial charge on any atom is 0.135 e. The zero-order chi connectivity index (χ0) is 37.6. The number of fused-ring (bicyclic) bond motifs is 7. The monoisotopic (exact) mass is 729 g/mol. The van der Waals surface area contributed by atoms with Crippen molar-refractivity contribution in [3.05, 3.63) is 150 Å². The Bertz CT molecular complexity index is 2700. The minimum Gasteiger partial charge on any atom is -0.456 e. The van der Waals surface area contributed by atoms with Gasteiger partial charge in [0.15, 0.2) is 0 Å². The van der Waals surface area contributed by atoms with Gasteiger partial charge in [-0.25, -0.2) is 0 Å². The van der Waals surface area contributed by atoms with Crippen molar-refractivity contribution in [1.82, 2.24) is 0 Å². The smallest absolute Gasteiger partial charge is 0.135 e. The molecule has 0 unspecified atom stereocenters. The molecule has 6 aliphatic carbocycles. The molecule has 2 heteroatoms. The Labute approximate surface area is 331 Å². The molecule has 0 saturated heterocycles. The maximum absolute atomic E-state index is 6.30. The second-order valence-electron chi connectivity index (χ2n) is 19.6. The van der Waals surface area contributed by atoms with E-state index in [1.807, 2.05) is 0 Å². The molecule has 4 saturated carbocycles. The molecule has 0 N–H and O–H groups in total. The summed E-state index contributed by atoms with van der Waals surface area (Å²) < 4.78 is 6.30. The number of rotatable bonds is 4. The summed E-state index contributed by atoms with van der Waals surface area (Å²) in [4.78, 5) is 2.47. The van der Waals surface area contributed by atoms with Crippen LogP contribution in [0.3, 0.4) is 0 Å². The molecule has 0 aliphatic heterocycles. The predicted molar refractivity (Wildman–Crippen MR) is 232 cm³/mol. The highest BCUT2D eigenvalue weighted by Gasteiger charge is 2.61. The van der Waals surface area contributed by atoms with Gasteiger partial charge >= 0.3 is 0 Å². The average Bonchev–Trinajstić information content (AvgIpc) is 3.73. The van der Waals surface area contributed by atoms with Crippen LogP contribution in [0.25, 0.3) is 44.2 Å². The van der Waals surface area contributed by atoms with Gasteiger partial charge in [-0.3, -0.25) is 0 Å². The van der Waals surface area contributed by atoms with Crippen LogP contribution in [0.2, 0.25) is 0 Å². The van der Waals surface area contributed by atoms with E-state index in [4.69, 9.17) is 4.42 Å². The second kappa shape index (κ2) is 11.5. The van der Waals surface area contributed by atoms with Crippen molar-refractivity contribution in [2.24, 2.45) is 23.7 Å². The number of para-hydroxylation sites is 1. The zero-order valence-corrected chi connectivity index (χ0v) is 33.2. The fourth-order valence-electron chi connectivity index (χ4n) is 13.2. The van der Waals surface area contributed by atoms with E-state index in [1.165, 1.54) is 89.7 Å². The molecule has 56 heavy (non-hydrogen) atoms. The molecule has 7 aromatic rings. The molecule has 6 aromatic carbocycles. The number of anilines is 3. The minimum atomic E-state index is 0.111. The number of hydrogen-bond acceptors (Lipinski definition) is 2. The van der Waals surface area contributed by atoms with E-state index in [0.29, 0.717) is 0 Å². The number of hydrogen-bond donors (Lipinski definition) is 0. The van der Waals surface area contributed by atoms with Crippen LogP contribution in [-0.2, 0) is 16.2 Å². The van der Waals surface area contributed by atoms with Gasteiger partial charge in [0.05, 0.1) is 0 Å². The summed E-state index contributed by atoms with van der Waals surface area (Å²) >= 11 is 0. The van der Waals surface area contributed by atoms with E-state index in [-0.39, 0.29) is 16.2 Å². The van der Waals surface area contributed by atoms with Crippen LogP contribution in [0.15, 0.2) is 132 Å². The predicted octanol–water partition coefficient (Wildman–Crippen LogP) is 14.8. The van der Waals surface area contributed by atoms with Gasteiger partial charge in [0.25, 0.3) is 0 Å². The third kappa shape index (κ3) is 4.50. The molecule has 278 valence electrons. The second-order valence-corrected chi connectivity index (χ2v) is 19.6. The highest BCUT2D eigenvalue weighted by molar-refractivity contribution is 6.06. The zero-order valence-electron chi connectivity index (χ0n) is 33.2. The van der Waals surface area contributed by atoms with Crippen molar-refractivity contribution in [3.63, 3.8) is 0 Å². The van der Waals surface area contributed by atoms with Crippen LogP contribution < -0.4 is 4.90 Å². The van der Waals surface area contributed by atoms with Crippen molar-refractivity contribution in [1.29, 1.82) is 0 Å². The Hall–Kier alpha value is -5.08. The van der Waals surface area contributed by atoms with Crippen LogP contribution >= 0.6 is 0 Å². The van der Waals surface area contributed by atoms with E-state index in [1.54, 1.807) is 11.1 Å². The molecule has 4 bridgehead atoms. The largest absolute Gasteiger partial charge is 0.456 e. The van der Waals surface area contributed by atoms with Gasteiger partial charge < -0.3 is 9.32 Å². The van der Waals surface area contributed by atoms with Gasteiger partial charge in [-0.1, -0.05) is 107 Å². The first-order valence-corrected chi connectivity index (χ1v) is 21.4. The van der Waals surface area contributed by atoms with E-state index in [0.717, 1.165) is 51.3 Å². The molecular formula is C54H51NO. The van der Waals surface area contributed by atoms with Crippen LogP contribution in [0.5, 0.6) is 0 Å². The molecule has 1 spiro atoms. The molecule has 4 fully saturated rings. The van der Waals surface area contributed by atoms with Gasteiger partial charge in [0.2, 0.25) is 0 Å². The SMILES string of the molecule is CC1(C)CCC(C)(C)c2cc(N(c3ccc(-c4cccc5c4-c4ccccc4C54C5CC6CC(C5)CC4C6)cc3)c3ccc4oc5ccccc5c4c3)ccc21. The summed E-state index contributed by atoms with van der Waals surface area (Å²) in [7, 11) is 0. The lowest BCUT2D eigenvalue weighted by Gasteiger charge is -2.61. The van der Waals surface area contributed by atoms with Crippen molar-refractivity contribution in [2.75, 3.05) is 4.90 Å². The minimum absolute atomic E-state index is 0.111. The molecule has 2 nitrogen and oxygen atoms in total. The fourth-order valence-corrected chi connectivity index (χ4v) is 13.2. The van der Waals surface area contributed by atoms with Gasteiger partial charge in [0, 0.05) is 33.2 Å². The topological polar surface area (TPSA) is 16.4 Å². The van der Waals surface area contributed by atoms with E-state index in [2.05, 4.69) is 160 Å². The van der Waals surface area contributed by atoms with Crippen molar-refractivity contribution < 1.29 is 4.42 Å². The van der Waals surface area contributed by atoms with Gasteiger partial charge in [-0.15, -0.1) is 0 Å². The van der Waals surface area contributed by atoms with Crippen LogP contribution in [-0.4, -0.2) is 0 Å². The summed E-state index contributed by atoms with van der Waals surface area (Å²) in [6, 6.07) is 48.7. The number of furan rings is 1. The molecule has 6 aliphatic rings. The summed E-state index contributed by atoms with van der Waals surface area (Å²) in [6.07, 6.45) is 9.52. The average molecular weight is 730 g/mol. The van der Waals surface area contributed by atoms with Gasteiger partial charge in [0.1, 0.15) is 11.2 Å². The molecule has 0 atom stereocenters. The fraction of sp³-hybridized carbons (Fsp3) is 0.333. The Balaban J connectivity index is 1.01. The molecule has 1 heterocycles. The van der Waals surface area contributed by atoms with Crippen molar-refractivity contribution in [2.45, 2.75) is 88.9 Å². The van der Waals surface area contributed by atoms with Crippen LogP contribution in [0.1, 0.15) is 94.9 Å². The summed E-state index contributed by atoms with van der Waals surface area (Å²) in [6.45, 7) is 9.69. The molecule has 1 aromatic heterocycles. The van der Waals surface area contributed by atoms with Gasteiger partial charge in [-0.05, 0) is 172 Å². The highest BCUT2D eigenvalue weighted by atomic mass is 16.3. The molecular weight excluding hydrogens is 679 g/mol. The quantitative estimate of drug-likeness (QED) is 0.179. The lowest BCUT2D eigenvalue weighted by molar-refractivity contribution is -0.0399. The Morgan fingerprint density at radius 3 is 1.88 bits per heavy atom. The third-order valence-corrected chi connectivity index (χ3v) is 15.7. The summed E-state index contributed by atoms with van der Waals surface area (Å²) in [5.74, 6) is 3.42. The first kappa shape index (κ1) is 33.1. The molecule has 0 amide bonds. The maximum atomic E-state index is 6.30. The first-order valence-electron chi connectivity index (χ1n) is 21.4. The van der Waals surface area contributed by atoms with Crippen molar-refractivity contribution >= 4 is 39.0 Å². The van der Waals surface area contributed by atoms with Crippen LogP contribution in [0.4, 0.5) is 17.1 Å². The Morgan fingerprint density at radius 1 is 0.482 bits per heavy atom. The third-order valence-electron chi connectivity index (χ3n) is 15.7. The Kier molecular flexibility index (Phi) is 6.80.